The maximum absolute atomic E-state index is 9.63. The maximum atomic E-state index is 9.63. The molecule has 0 aromatic rings. The molecule has 0 N–H and O–H groups in total. The summed E-state index contributed by atoms with van der Waals surface area (Å²) in [7, 11) is 0. The molecule has 25 heavy (non-hydrogen) atoms. The number of rotatable bonds is 0. The Balaban J connectivity index is 1.45. The summed E-state index contributed by atoms with van der Waals surface area (Å²) in [6, 6.07) is 2.65. The molecule has 3 heteroatoms. The molecule has 1 aliphatic heterocycles. The minimum absolute atomic E-state index is 0.269. The Labute approximate surface area is 151 Å². The van der Waals surface area contributed by atoms with E-state index in [1.807, 2.05) is 0 Å². The third-order valence-corrected chi connectivity index (χ3v) is 9.08. The summed E-state index contributed by atoms with van der Waals surface area (Å²) < 4.78 is 12.1. The zero-order valence-corrected chi connectivity index (χ0v) is 15.7. The first kappa shape index (κ1) is 16.3. The lowest BCUT2D eigenvalue weighted by Crippen LogP contribution is -2.52. The minimum Gasteiger partial charge on any atom is -0.347 e. The predicted molar refractivity (Wildman–Crippen MR) is 95.4 cm³/mol. The smallest absolute Gasteiger partial charge is 0.172 e. The standard InChI is InChI=1S/C22H31NO2/c1-20-8-7-19-17(18(20)6-4-16(20)14-23)5-3-15-13-22(24-11-12-25-22)10-9-21(15,19)2/h3,16-19H,4-13H2,1-2H3/t16?,17?,18?,19?,20-,21+/m1/s1. The fraction of sp³-hybridized carbons (Fsp3) is 0.864. The third kappa shape index (κ3) is 2.10. The van der Waals surface area contributed by atoms with Crippen LogP contribution in [0.4, 0.5) is 0 Å². The van der Waals surface area contributed by atoms with Crippen LogP contribution in [0.3, 0.4) is 0 Å². The van der Waals surface area contributed by atoms with Crippen molar-refractivity contribution in [2.45, 2.75) is 71.0 Å². The van der Waals surface area contributed by atoms with Gasteiger partial charge in [0.05, 0.1) is 25.2 Å². The van der Waals surface area contributed by atoms with E-state index in [2.05, 4.69) is 26.0 Å². The zero-order chi connectivity index (χ0) is 17.3. The van der Waals surface area contributed by atoms with Crippen LogP contribution < -0.4 is 0 Å². The molecule has 4 aliphatic carbocycles. The Bertz CT molecular complexity index is 643. The molecule has 0 bridgehead atoms. The summed E-state index contributed by atoms with van der Waals surface area (Å²) in [4.78, 5) is 0. The van der Waals surface area contributed by atoms with Crippen molar-refractivity contribution >= 4 is 0 Å². The van der Waals surface area contributed by atoms with E-state index >= 15 is 0 Å². The number of hydrogen-bond acceptors (Lipinski definition) is 3. The first-order chi connectivity index (χ1) is 12.0. The van der Waals surface area contributed by atoms with Crippen molar-refractivity contribution in [2.24, 2.45) is 34.5 Å². The largest absolute Gasteiger partial charge is 0.347 e. The highest BCUT2D eigenvalue weighted by Gasteiger charge is 2.60. The van der Waals surface area contributed by atoms with Gasteiger partial charge in [-0.1, -0.05) is 25.5 Å². The summed E-state index contributed by atoms with van der Waals surface area (Å²) in [6.07, 6.45) is 11.9. The quantitative estimate of drug-likeness (QED) is 0.593. The molecule has 1 spiro atoms. The molecule has 4 unspecified atom stereocenters. The molecule has 1 saturated heterocycles. The van der Waals surface area contributed by atoms with E-state index in [9.17, 15) is 5.26 Å². The van der Waals surface area contributed by atoms with Crippen LogP contribution in [0, 0.1) is 45.8 Å². The monoisotopic (exact) mass is 341 g/mol. The number of nitriles is 1. The Kier molecular flexibility index (Phi) is 3.48. The SMILES string of the molecule is C[C@]12CCC3C(CC=C4CC5(CC[C@@]43C)OCCO5)C1CCC2C#N. The average Bonchev–Trinajstić information content (AvgIpc) is 3.19. The molecule has 0 aromatic carbocycles. The van der Waals surface area contributed by atoms with E-state index in [1.54, 1.807) is 5.57 Å². The van der Waals surface area contributed by atoms with Gasteiger partial charge in [-0.05, 0) is 67.1 Å². The van der Waals surface area contributed by atoms with Gasteiger partial charge in [-0.3, -0.25) is 0 Å². The van der Waals surface area contributed by atoms with E-state index in [0.29, 0.717) is 5.41 Å². The Morgan fingerprint density at radius 2 is 1.84 bits per heavy atom. The number of ether oxygens (including phenoxy) is 2. The van der Waals surface area contributed by atoms with Crippen LogP contribution in [0.25, 0.3) is 0 Å². The van der Waals surface area contributed by atoms with Gasteiger partial charge in [-0.15, -0.1) is 0 Å². The van der Waals surface area contributed by atoms with Gasteiger partial charge in [-0.2, -0.15) is 5.26 Å². The molecular weight excluding hydrogens is 310 g/mol. The number of nitrogens with zero attached hydrogens (tertiary/aromatic N) is 1. The van der Waals surface area contributed by atoms with Crippen molar-refractivity contribution in [1.82, 2.24) is 0 Å². The van der Waals surface area contributed by atoms with Crippen LogP contribution in [0.1, 0.15) is 65.2 Å². The second-order valence-electron chi connectivity index (χ2n) is 9.85. The lowest BCUT2D eigenvalue weighted by Gasteiger charge is -2.58. The fourth-order valence-electron chi connectivity index (χ4n) is 7.56. The lowest BCUT2D eigenvalue weighted by molar-refractivity contribution is -0.185. The molecule has 1 heterocycles. The maximum Gasteiger partial charge on any atom is 0.172 e. The van der Waals surface area contributed by atoms with Crippen LogP contribution in [0.15, 0.2) is 11.6 Å². The molecular formula is C22H31NO2. The van der Waals surface area contributed by atoms with Gasteiger partial charge in [0.1, 0.15) is 0 Å². The highest BCUT2D eigenvalue weighted by molar-refractivity contribution is 5.27. The van der Waals surface area contributed by atoms with Crippen LogP contribution in [-0.4, -0.2) is 19.0 Å². The second-order valence-corrected chi connectivity index (χ2v) is 9.85. The van der Waals surface area contributed by atoms with Crippen molar-refractivity contribution in [3.05, 3.63) is 11.6 Å². The molecule has 0 amide bonds. The molecule has 4 fully saturated rings. The summed E-state index contributed by atoms with van der Waals surface area (Å²) >= 11 is 0. The van der Waals surface area contributed by atoms with Crippen LogP contribution in [0.5, 0.6) is 0 Å². The van der Waals surface area contributed by atoms with Gasteiger partial charge in [0.15, 0.2) is 5.79 Å². The van der Waals surface area contributed by atoms with E-state index in [4.69, 9.17) is 9.47 Å². The normalized spacial score (nSPS) is 50.5. The van der Waals surface area contributed by atoms with E-state index in [-0.39, 0.29) is 17.1 Å². The number of hydrogen-bond donors (Lipinski definition) is 0. The van der Waals surface area contributed by atoms with Crippen LogP contribution in [-0.2, 0) is 9.47 Å². The molecule has 136 valence electrons. The molecule has 0 radical (unpaired) electrons. The summed E-state index contributed by atoms with van der Waals surface area (Å²) in [5, 5.41) is 9.63. The predicted octanol–water partition coefficient (Wildman–Crippen LogP) is 4.83. The van der Waals surface area contributed by atoms with Crippen molar-refractivity contribution < 1.29 is 9.47 Å². The van der Waals surface area contributed by atoms with Crippen molar-refractivity contribution in [3.8, 4) is 6.07 Å². The van der Waals surface area contributed by atoms with Crippen molar-refractivity contribution in [1.29, 1.82) is 5.26 Å². The highest BCUT2D eigenvalue weighted by Crippen LogP contribution is 2.66. The molecule has 3 nitrogen and oxygen atoms in total. The number of fused-ring (bicyclic) bond motifs is 5. The summed E-state index contributed by atoms with van der Waals surface area (Å²) in [5.41, 5.74) is 2.21. The minimum atomic E-state index is -0.305. The van der Waals surface area contributed by atoms with E-state index in [1.165, 1.54) is 32.1 Å². The van der Waals surface area contributed by atoms with Crippen molar-refractivity contribution in [3.63, 3.8) is 0 Å². The topological polar surface area (TPSA) is 42.2 Å². The van der Waals surface area contributed by atoms with Crippen molar-refractivity contribution in [2.75, 3.05) is 13.2 Å². The molecule has 6 atom stereocenters. The fourth-order valence-corrected chi connectivity index (χ4v) is 7.56. The Morgan fingerprint density at radius 3 is 2.60 bits per heavy atom. The molecule has 5 aliphatic rings. The second kappa shape index (κ2) is 5.33. The van der Waals surface area contributed by atoms with Gasteiger partial charge < -0.3 is 9.47 Å². The third-order valence-electron chi connectivity index (χ3n) is 9.08. The Morgan fingerprint density at radius 1 is 1.04 bits per heavy atom. The summed E-state index contributed by atoms with van der Waals surface area (Å²) in [5.74, 6) is 2.31. The first-order valence-electron chi connectivity index (χ1n) is 10.4. The average molecular weight is 341 g/mol. The summed E-state index contributed by atoms with van der Waals surface area (Å²) in [6.45, 7) is 6.46. The Hall–Kier alpha value is -0.850. The molecule has 5 rings (SSSR count). The highest BCUT2D eigenvalue weighted by atomic mass is 16.7. The van der Waals surface area contributed by atoms with Gasteiger partial charge >= 0.3 is 0 Å². The van der Waals surface area contributed by atoms with Crippen LogP contribution in [0.2, 0.25) is 0 Å². The van der Waals surface area contributed by atoms with Gasteiger partial charge in [0.2, 0.25) is 0 Å². The first-order valence-corrected chi connectivity index (χ1v) is 10.4. The van der Waals surface area contributed by atoms with E-state index in [0.717, 1.165) is 50.2 Å². The zero-order valence-electron chi connectivity index (χ0n) is 15.7. The van der Waals surface area contributed by atoms with Gasteiger partial charge in [0.25, 0.3) is 0 Å². The molecule has 0 aromatic heterocycles. The van der Waals surface area contributed by atoms with Crippen LogP contribution >= 0.6 is 0 Å². The van der Waals surface area contributed by atoms with Gasteiger partial charge in [0, 0.05) is 12.8 Å². The van der Waals surface area contributed by atoms with E-state index < -0.39 is 0 Å². The lowest BCUT2D eigenvalue weighted by atomic mass is 9.47. The van der Waals surface area contributed by atoms with Gasteiger partial charge in [-0.25, -0.2) is 0 Å². The molecule has 3 saturated carbocycles. The number of allylic oxidation sites excluding steroid dienone is 1.